The van der Waals surface area contributed by atoms with Gasteiger partial charge in [-0.15, -0.1) is 0 Å². The van der Waals surface area contributed by atoms with Crippen LogP contribution in [-0.4, -0.2) is 6.18 Å². The summed E-state index contributed by atoms with van der Waals surface area (Å²) in [6.45, 7) is 2.26. The van der Waals surface area contributed by atoms with Crippen molar-refractivity contribution in [3.8, 4) is 23.0 Å². The largest absolute Gasteiger partial charge is 0.458 e. The molecule has 3 aromatic rings. The van der Waals surface area contributed by atoms with Gasteiger partial charge in [0.1, 0.15) is 11.6 Å². The van der Waals surface area contributed by atoms with Gasteiger partial charge in [-0.1, -0.05) is 50.0 Å². The monoisotopic (exact) mass is 446 g/mol. The minimum atomic E-state index is -4.92. The molecule has 0 aliphatic heterocycles. The average Bonchev–Trinajstić information content (AvgIpc) is 2.73. The first-order valence-electron chi connectivity index (χ1n) is 10.4. The Hall–Kier alpha value is -2.94. The minimum absolute atomic E-state index is 0.0853. The average molecular weight is 446 g/mol. The first-order chi connectivity index (χ1) is 15.1. The Morgan fingerprint density at radius 1 is 0.812 bits per heavy atom. The highest BCUT2D eigenvalue weighted by Gasteiger charge is 2.24. The maximum absolute atomic E-state index is 14.8. The van der Waals surface area contributed by atoms with E-state index in [0.29, 0.717) is 17.0 Å². The van der Waals surface area contributed by atoms with Crippen LogP contribution in [0, 0.1) is 35.2 Å². The van der Waals surface area contributed by atoms with Gasteiger partial charge in [0, 0.05) is 5.92 Å². The van der Waals surface area contributed by atoms with E-state index >= 15 is 0 Å². The predicted octanol–water partition coefficient (Wildman–Crippen LogP) is 8.13. The third kappa shape index (κ3) is 4.62. The summed E-state index contributed by atoms with van der Waals surface area (Å²) in [5.74, 6) is -0.211. The first kappa shape index (κ1) is 22.3. The Morgan fingerprint density at radius 3 is 2.09 bits per heavy atom. The molecule has 0 spiro atoms. The summed E-state index contributed by atoms with van der Waals surface area (Å²) in [4.78, 5) is 0. The minimum Gasteiger partial charge on any atom is -0.206 e. The van der Waals surface area contributed by atoms with Gasteiger partial charge < -0.3 is 0 Å². The number of halogens is 6. The summed E-state index contributed by atoms with van der Waals surface area (Å²) in [6.07, 6.45) is -0.283. The molecular formula is C26H20F6. The van der Waals surface area contributed by atoms with Crippen LogP contribution >= 0.6 is 0 Å². The number of hydrogen-bond donors (Lipinski definition) is 0. The van der Waals surface area contributed by atoms with Gasteiger partial charge in [0.25, 0.3) is 0 Å². The summed E-state index contributed by atoms with van der Waals surface area (Å²) in [6, 6.07) is 11.0. The van der Waals surface area contributed by atoms with Crippen molar-refractivity contribution in [2.24, 2.45) is 5.92 Å². The number of fused-ring (bicyclic) bond motifs is 1. The van der Waals surface area contributed by atoms with Crippen LogP contribution in [0.1, 0.15) is 49.7 Å². The SMILES string of the molecule is CC1CCC(c2ccc(-c3cc(F)c4c(F)c(C#CC(F)(F)F)c(F)cc4c3)cc2)CC1. The Kier molecular flexibility index (Phi) is 5.94. The van der Waals surface area contributed by atoms with E-state index in [9.17, 15) is 26.3 Å². The topological polar surface area (TPSA) is 0 Å². The highest BCUT2D eigenvalue weighted by Crippen LogP contribution is 2.37. The summed E-state index contributed by atoms with van der Waals surface area (Å²) in [5, 5.41) is -0.674. The van der Waals surface area contributed by atoms with Crippen molar-refractivity contribution >= 4 is 10.8 Å². The molecule has 166 valence electrons. The molecule has 1 aliphatic rings. The molecular weight excluding hydrogens is 426 g/mol. The third-order valence-corrected chi connectivity index (χ3v) is 6.14. The lowest BCUT2D eigenvalue weighted by molar-refractivity contribution is -0.0696. The van der Waals surface area contributed by atoms with E-state index in [2.05, 4.69) is 6.92 Å². The lowest BCUT2D eigenvalue weighted by Crippen LogP contribution is -2.10. The van der Waals surface area contributed by atoms with Crippen molar-refractivity contribution in [1.82, 2.24) is 0 Å². The smallest absolute Gasteiger partial charge is 0.206 e. The van der Waals surface area contributed by atoms with Gasteiger partial charge in [-0.05, 0) is 65.0 Å². The van der Waals surface area contributed by atoms with Crippen LogP contribution in [-0.2, 0) is 0 Å². The summed E-state index contributed by atoms with van der Waals surface area (Å²) in [7, 11) is 0. The quantitative estimate of drug-likeness (QED) is 0.275. The molecule has 0 nitrogen and oxygen atoms in total. The van der Waals surface area contributed by atoms with Crippen LogP contribution in [0.25, 0.3) is 21.9 Å². The number of rotatable bonds is 2. The first-order valence-corrected chi connectivity index (χ1v) is 10.4. The third-order valence-electron chi connectivity index (χ3n) is 6.14. The fraction of sp³-hybridized carbons (Fsp3) is 0.308. The zero-order valence-electron chi connectivity index (χ0n) is 17.3. The molecule has 0 amide bonds. The Balaban J connectivity index is 1.70. The second-order valence-electron chi connectivity index (χ2n) is 8.43. The lowest BCUT2D eigenvalue weighted by atomic mass is 9.79. The highest BCUT2D eigenvalue weighted by atomic mass is 19.4. The molecule has 0 saturated heterocycles. The number of hydrogen-bond acceptors (Lipinski definition) is 0. The summed E-state index contributed by atoms with van der Waals surface area (Å²) >= 11 is 0. The summed E-state index contributed by atoms with van der Waals surface area (Å²) < 4.78 is 80.6. The molecule has 6 heteroatoms. The Bertz CT molecular complexity index is 1200. The van der Waals surface area contributed by atoms with Crippen molar-refractivity contribution < 1.29 is 26.3 Å². The van der Waals surface area contributed by atoms with Gasteiger partial charge in [0.05, 0.1) is 10.9 Å². The maximum atomic E-state index is 14.8. The van der Waals surface area contributed by atoms with Gasteiger partial charge in [-0.2, -0.15) is 13.2 Å². The molecule has 1 fully saturated rings. The highest BCUT2D eigenvalue weighted by molar-refractivity contribution is 5.89. The van der Waals surface area contributed by atoms with Crippen molar-refractivity contribution in [2.75, 3.05) is 0 Å². The molecule has 0 radical (unpaired) electrons. The van der Waals surface area contributed by atoms with E-state index < -0.39 is 34.6 Å². The molecule has 0 N–H and O–H groups in total. The molecule has 0 unspecified atom stereocenters. The second kappa shape index (κ2) is 8.54. The lowest BCUT2D eigenvalue weighted by Gasteiger charge is -2.26. The normalized spacial score (nSPS) is 19.0. The van der Waals surface area contributed by atoms with Crippen LogP contribution in [0.5, 0.6) is 0 Å². The van der Waals surface area contributed by atoms with Gasteiger partial charge in [-0.25, -0.2) is 13.2 Å². The van der Waals surface area contributed by atoms with Gasteiger partial charge in [-0.3, -0.25) is 0 Å². The fourth-order valence-corrected chi connectivity index (χ4v) is 4.37. The van der Waals surface area contributed by atoms with Gasteiger partial charge in [0.15, 0.2) is 5.82 Å². The van der Waals surface area contributed by atoms with Crippen LogP contribution in [0.4, 0.5) is 26.3 Å². The molecule has 1 aliphatic carbocycles. The van der Waals surface area contributed by atoms with E-state index in [1.54, 1.807) is 0 Å². The van der Waals surface area contributed by atoms with Crippen LogP contribution in [0.3, 0.4) is 0 Å². The Morgan fingerprint density at radius 2 is 1.47 bits per heavy atom. The van der Waals surface area contributed by atoms with E-state index in [0.717, 1.165) is 36.8 Å². The van der Waals surface area contributed by atoms with Crippen LogP contribution in [0.15, 0.2) is 42.5 Å². The molecule has 3 aromatic carbocycles. The Labute approximate surface area is 182 Å². The number of benzene rings is 3. The fourth-order valence-electron chi connectivity index (χ4n) is 4.37. The molecule has 1 saturated carbocycles. The van der Waals surface area contributed by atoms with Gasteiger partial charge >= 0.3 is 6.18 Å². The number of alkyl halides is 3. The van der Waals surface area contributed by atoms with E-state index in [1.807, 2.05) is 24.3 Å². The summed E-state index contributed by atoms with van der Waals surface area (Å²) in [5.41, 5.74) is 1.21. The molecule has 0 bridgehead atoms. The van der Waals surface area contributed by atoms with E-state index in [-0.39, 0.29) is 5.39 Å². The molecule has 4 rings (SSSR count). The molecule has 0 aromatic heterocycles. The van der Waals surface area contributed by atoms with Crippen molar-refractivity contribution in [3.63, 3.8) is 0 Å². The van der Waals surface area contributed by atoms with Crippen molar-refractivity contribution in [1.29, 1.82) is 0 Å². The molecule has 32 heavy (non-hydrogen) atoms. The van der Waals surface area contributed by atoms with Crippen molar-refractivity contribution in [3.05, 3.63) is 71.0 Å². The zero-order valence-corrected chi connectivity index (χ0v) is 17.3. The van der Waals surface area contributed by atoms with E-state index in [1.165, 1.54) is 30.4 Å². The zero-order chi connectivity index (χ0) is 23.0. The van der Waals surface area contributed by atoms with Crippen LogP contribution < -0.4 is 0 Å². The standard InChI is InChI=1S/C26H20F6/c1-15-2-4-16(5-3-15)17-6-8-18(9-7-17)19-12-20-14-22(27)21(10-11-26(30,31)32)25(29)24(20)23(28)13-19/h6-9,12-16H,2-5H2,1H3. The second-order valence-corrected chi connectivity index (χ2v) is 8.43. The molecule has 0 atom stereocenters. The molecule has 0 heterocycles. The van der Waals surface area contributed by atoms with Crippen LogP contribution in [0.2, 0.25) is 0 Å². The predicted molar refractivity (Wildman–Crippen MR) is 113 cm³/mol. The van der Waals surface area contributed by atoms with E-state index in [4.69, 9.17) is 0 Å². The maximum Gasteiger partial charge on any atom is 0.458 e. The van der Waals surface area contributed by atoms with Crippen molar-refractivity contribution in [2.45, 2.75) is 44.7 Å². The van der Waals surface area contributed by atoms with Gasteiger partial charge in [0.2, 0.25) is 0 Å².